The van der Waals surface area contributed by atoms with Gasteiger partial charge in [-0.1, -0.05) is 19.3 Å². The van der Waals surface area contributed by atoms with E-state index in [4.69, 9.17) is 4.74 Å². The molecule has 0 amide bonds. The normalized spacial score (nSPS) is 18.8. The largest absolute Gasteiger partial charge is 0.480 e. The molecule has 1 aliphatic rings. The summed E-state index contributed by atoms with van der Waals surface area (Å²) in [6, 6.07) is 0.609. The van der Waals surface area contributed by atoms with Crippen molar-refractivity contribution in [2.75, 3.05) is 6.61 Å². The second kappa shape index (κ2) is 5.07. The molecule has 0 bridgehead atoms. The highest BCUT2D eigenvalue weighted by Crippen LogP contribution is 2.18. The summed E-state index contributed by atoms with van der Waals surface area (Å²) in [6.45, 7) is 6.49. The van der Waals surface area contributed by atoms with Crippen LogP contribution in [0.15, 0.2) is 12.5 Å². The Balaban J connectivity index is 2.15. The molecule has 0 spiro atoms. The first-order valence-electron chi connectivity index (χ1n) is 4.91. The summed E-state index contributed by atoms with van der Waals surface area (Å²) in [5, 5.41) is 3.30. The quantitative estimate of drug-likeness (QED) is 0.652. The minimum Gasteiger partial charge on any atom is -0.480 e. The summed E-state index contributed by atoms with van der Waals surface area (Å²) in [4.78, 5) is 0. The predicted molar refractivity (Wildman–Crippen MR) is 50.8 cm³/mol. The van der Waals surface area contributed by atoms with Crippen molar-refractivity contribution in [2.24, 2.45) is 0 Å². The molecule has 0 heterocycles. The van der Waals surface area contributed by atoms with Gasteiger partial charge in [-0.3, -0.25) is 0 Å². The van der Waals surface area contributed by atoms with E-state index < -0.39 is 0 Å². The third-order valence-electron chi connectivity index (χ3n) is 2.29. The molecule has 0 aromatic heterocycles. The van der Waals surface area contributed by atoms with Gasteiger partial charge in [0.05, 0.1) is 6.61 Å². The van der Waals surface area contributed by atoms with Crippen molar-refractivity contribution in [1.29, 1.82) is 0 Å². The maximum Gasteiger partial charge on any atom is 0.179 e. The average molecular weight is 169 g/mol. The van der Waals surface area contributed by atoms with E-state index in [-0.39, 0.29) is 0 Å². The Hall–Kier alpha value is -0.660. The van der Waals surface area contributed by atoms with Crippen molar-refractivity contribution in [3.05, 3.63) is 12.5 Å². The average Bonchev–Trinajstić information content (AvgIpc) is 2.06. The van der Waals surface area contributed by atoms with Gasteiger partial charge in [-0.15, -0.1) is 0 Å². The molecule has 0 radical (unpaired) electrons. The summed E-state index contributed by atoms with van der Waals surface area (Å²) in [5.41, 5.74) is 0. The molecule has 0 aromatic carbocycles. The first-order chi connectivity index (χ1) is 5.83. The number of hydrogen-bond acceptors (Lipinski definition) is 2. The molecule has 1 fully saturated rings. The Morgan fingerprint density at radius 2 is 2.08 bits per heavy atom. The molecule has 0 atom stereocenters. The van der Waals surface area contributed by atoms with Crippen molar-refractivity contribution >= 4 is 0 Å². The summed E-state index contributed by atoms with van der Waals surface area (Å²) >= 11 is 0. The number of rotatable bonds is 4. The molecule has 2 heteroatoms. The minimum absolute atomic E-state index is 0.609. The summed E-state index contributed by atoms with van der Waals surface area (Å²) in [5.74, 6) is 0.740. The van der Waals surface area contributed by atoms with Gasteiger partial charge in [-0.2, -0.15) is 0 Å². The lowest BCUT2D eigenvalue weighted by molar-refractivity contribution is 0.191. The second-order valence-electron chi connectivity index (χ2n) is 3.34. The molecule has 1 rings (SSSR count). The van der Waals surface area contributed by atoms with Gasteiger partial charge in [0, 0.05) is 6.04 Å². The summed E-state index contributed by atoms with van der Waals surface area (Å²) in [6.07, 6.45) is 6.62. The molecule has 0 aromatic rings. The van der Waals surface area contributed by atoms with Crippen molar-refractivity contribution in [1.82, 2.24) is 5.32 Å². The van der Waals surface area contributed by atoms with E-state index >= 15 is 0 Å². The zero-order valence-corrected chi connectivity index (χ0v) is 7.94. The van der Waals surface area contributed by atoms with Gasteiger partial charge in [0.2, 0.25) is 0 Å². The highest BCUT2D eigenvalue weighted by Gasteiger charge is 2.13. The third kappa shape index (κ3) is 3.16. The molecule has 1 saturated carbocycles. The van der Waals surface area contributed by atoms with Crippen LogP contribution in [0.1, 0.15) is 39.0 Å². The molecule has 0 aliphatic heterocycles. The Morgan fingerprint density at radius 1 is 1.42 bits per heavy atom. The lowest BCUT2D eigenvalue weighted by atomic mass is 9.96. The third-order valence-corrected chi connectivity index (χ3v) is 2.29. The van der Waals surface area contributed by atoms with Crippen LogP contribution in [-0.2, 0) is 4.74 Å². The Bertz CT molecular complexity index is 139. The van der Waals surface area contributed by atoms with E-state index in [0.29, 0.717) is 12.6 Å². The fraction of sp³-hybridized carbons (Fsp3) is 0.800. The zero-order valence-electron chi connectivity index (χ0n) is 7.94. The Morgan fingerprint density at radius 3 is 2.67 bits per heavy atom. The smallest absolute Gasteiger partial charge is 0.179 e. The molecule has 1 N–H and O–H groups in total. The van der Waals surface area contributed by atoms with Gasteiger partial charge in [-0.25, -0.2) is 0 Å². The van der Waals surface area contributed by atoms with E-state index in [2.05, 4.69) is 11.9 Å². The van der Waals surface area contributed by atoms with Crippen LogP contribution in [0.4, 0.5) is 0 Å². The van der Waals surface area contributed by atoms with Crippen LogP contribution in [0.25, 0.3) is 0 Å². The zero-order chi connectivity index (χ0) is 8.81. The van der Waals surface area contributed by atoms with Crippen molar-refractivity contribution in [2.45, 2.75) is 45.1 Å². The lowest BCUT2D eigenvalue weighted by Crippen LogP contribution is -2.30. The van der Waals surface area contributed by atoms with Gasteiger partial charge >= 0.3 is 0 Å². The molecule has 12 heavy (non-hydrogen) atoms. The maximum absolute atomic E-state index is 5.24. The first-order valence-corrected chi connectivity index (χ1v) is 4.91. The molecule has 0 saturated heterocycles. The van der Waals surface area contributed by atoms with Crippen molar-refractivity contribution in [3.63, 3.8) is 0 Å². The van der Waals surface area contributed by atoms with Gasteiger partial charge in [-0.05, 0) is 26.3 Å². The number of ether oxygens (including phenoxy) is 1. The van der Waals surface area contributed by atoms with Crippen LogP contribution in [0, 0.1) is 0 Å². The Labute approximate surface area is 75.0 Å². The number of hydrogen-bond donors (Lipinski definition) is 1. The minimum atomic E-state index is 0.609. The standard InChI is InChI=1S/C10H19NO/c1-3-12-9(2)11-10-7-5-4-6-8-10/h10-11H,2-8H2,1H3. The predicted octanol–water partition coefficient (Wildman–Crippen LogP) is 2.42. The van der Waals surface area contributed by atoms with Crippen LogP contribution in [0.3, 0.4) is 0 Å². The van der Waals surface area contributed by atoms with E-state index in [9.17, 15) is 0 Å². The summed E-state index contributed by atoms with van der Waals surface area (Å²) in [7, 11) is 0. The molecule has 2 nitrogen and oxygen atoms in total. The molecular formula is C10H19NO. The van der Waals surface area contributed by atoms with Crippen LogP contribution < -0.4 is 5.32 Å². The van der Waals surface area contributed by atoms with Crippen molar-refractivity contribution in [3.8, 4) is 0 Å². The first kappa shape index (κ1) is 9.43. The molecule has 70 valence electrons. The second-order valence-corrected chi connectivity index (χ2v) is 3.34. The van der Waals surface area contributed by atoms with E-state index in [0.717, 1.165) is 5.88 Å². The highest BCUT2D eigenvalue weighted by molar-refractivity contribution is 4.85. The van der Waals surface area contributed by atoms with Gasteiger partial charge in [0.1, 0.15) is 0 Å². The van der Waals surface area contributed by atoms with E-state index in [1.165, 1.54) is 32.1 Å². The molecule has 1 aliphatic carbocycles. The number of nitrogens with one attached hydrogen (secondary N) is 1. The van der Waals surface area contributed by atoms with Crippen LogP contribution in [-0.4, -0.2) is 12.6 Å². The SMILES string of the molecule is C=C(NC1CCCCC1)OCC. The molecular weight excluding hydrogens is 150 g/mol. The fourth-order valence-electron chi connectivity index (χ4n) is 1.69. The van der Waals surface area contributed by atoms with Crippen molar-refractivity contribution < 1.29 is 4.74 Å². The van der Waals surface area contributed by atoms with Crippen LogP contribution in [0.2, 0.25) is 0 Å². The lowest BCUT2D eigenvalue weighted by Gasteiger charge is -2.24. The maximum atomic E-state index is 5.24. The highest BCUT2D eigenvalue weighted by atomic mass is 16.5. The summed E-state index contributed by atoms with van der Waals surface area (Å²) < 4.78 is 5.24. The van der Waals surface area contributed by atoms with Gasteiger partial charge < -0.3 is 10.1 Å². The van der Waals surface area contributed by atoms with Gasteiger partial charge in [0.15, 0.2) is 5.88 Å². The topological polar surface area (TPSA) is 21.3 Å². The van der Waals surface area contributed by atoms with Gasteiger partial charge in [0.25, 0.3) is 0 Å². The Kier molecular flexibility index (Phi) is 3.98. The fourth-order valence-corrected chi connectivity index (χ4v) is 1.69. The van der Waals surface area contributed by atoms with Crippen LogP contribution in [0.5, 0.6) is 0 Å². The van der Waals surface area contributed by atoms with Crippen LogP contribution >= 0.6 is 0 Å². The van der Waals surface area contributed by atoms with E-state index in [1.54, 1.807) is 0 Å². The molecule has 0 unspecified atom stereocenters. The van der Waals surface area contributed by atoms with E-state index in [1.807, 2.05) is 6.92 Å². The monoisotopic (exact) mass is 169 g/mol.